The van der Waals surface area contributed by atoms with Crippen molar-refractivity contribution >= 4 is 10.9 Å². The van der Waals surface area contributed by atoms with Gasteiger partial charge in [-0.25, -0.2) is 8.78 Å². The molecule has 9 heteroatoms. The lowest BCUT2D eigenvalue weighted by Gasteiger charge is -2.41. The van der Waals surface area contributed by atoms with Crippen molar-refractivity contribution in [2.75, 3.05) is 66.3 Å². The molecule has 0 amide bonds. The van der Waals surface area contributed by atoms with E-state index in [2.05, 4.69) is 15.9 Å². The van der Waals surface area contributed by atoms with E-state index in [-0.39, 0.29) is 17.8 Å². The molecule has 0 bridgehead atoms. The second-order valence-corrected chi connectivity index (χ2v) is 11.3. The Hall–Kier alpha value is -2.85. The Morgan fingerprint density at radius 2 is 1.73 bits per heavy atom. The molecule has 2 saturated heterocycles. The summed E-state index contributed by atoms with van der Waals surface area (Å²) >= 11 is 0. The third-order valence-corrected chi connectivity index (χ3v) is 8.67. The second kappa shape index (κ2) is 13.9. The number of morpholine rings is 1. The Labute approximate surface area is 241 Å². The summed E-state index contributed by atoms with van der Waals surface area (Å²) in [6, 6.07) is 9.31. The van der Waals surface area contributed by atoms with E-state index in [9.17, 15) is 13.9 Å². The number of nitrogens with zero attached hydrogens (tertiary/aromatic N) is 3. The number of halogens is 2. The maximum atomic E-state index is 13.4. The molecule has 3 heterocycles. The quantitative estimate of drug-likeness (QED) is 0.335. The molecule has 2 aromatic carbocycles. The van der Waals surface area contributed by atoms with Crippen LogP contribution in [0.2, 0.25) is 0 Å². The van der Waals surface area contributed by atoms with Crippen LogP contribution in [0, 0.1) is 17.0 Å². The highest BCUT2D eigenvalue weighted by molar-refractivity contribution is 5.84. The first-order valence-electron chi connectivity index (χ1n) is 14.6. The molecule has 1 N–H and O–H groups in total. The molecule has 0 atom stereocenters. The Kier molecular flexibility index (Phi) is 10.0. The maximum absolute atomic E-state index is 13.4. The standard InChI is InChI=1S/C32H41F2N3O4/c1-39-27-4-5-31-30(20-27)29(24(21-35-31)22-37-11-14-40-15-12-37)3-2-6-32(23-38)7-9-36(10-8-32)13-16-41-28-18-25(33)17-26(34)19-28/h4-5,17-21,38H,2-3,6-16,22-23H2,1H3. The fourth-order valence-corrected chi connectivity index (χ4v) is 6.11. The van der Waals surface area contributed by atoms with Gasteiger partial charge in [-0.3, -0.25) is 14.8 Å². The van der Waals surface area contributed by atoms with E-state index in [4.69, 9.17) is 19.2 Å². The van der Waals surface area contributed by atoms with Gasteiger partial charge >= 0.3 is 0 Å². The number of benzene rings is 2. The molecule has 3 aromatic rings. The van der Waals surface area contributed by atoms with Crippen LogP contribution < -0.4 is 9.47 Å². The van der Waals surface area contributed by atoms with Gasteiger partial charge in [0, 0.05) is 62.6 Å². The Balaban J connectivity index is 1.19. The molecule has 0 unspecified atom stereocenters. The summed E-state index contributed by atoms with van der Waals surface area (Å²) in [5.41, 5.74) is 3.43. The minimum Gasteiger partial charge on any atom is -0.497 e. The van der Waals surface area contributed by atoms with Gasteiger partial charge in [0.1, 0.15) is 29.7 Å². The topological polar surface area (TPSA) is 67.3 Å². The van der Waals surface area contributed by atoms with Crippen LogP contribution in [-0.2, 0) is 17.7 Å². The molecule has 41 heavy (non-hydrogen) atoms. The van der Waals surface area contributed by atoms with Crippen LogP contribution >= 0.6 is 0 Å². The zero-order chi connectivity index (χ0) is 28.7. The van der Waals surface area contributed by atoms with E-state index < -0.39 is 11.6 Å². The number of rotatable bonds is 12. The smallest absolute Gasteiger partial charge is 0.129 e. The van der Waals surface area contributed by atoms with Crippen LogP contribution in [0.4, 0.5) is 8.78 Å². The Morgan fingerprint density at radius 3 is 2.44 bits per heavy atom. The lowest BCUT2D eigenvalue weighted by molar-refractivity contribution is 0.0313. The summed E-state index contributed by atoms with van der Waals surface area (Å²) in [5, 5.41) is 11.6. The minimum absolute atomic E-state index is 0.103. The third kappa shape index (κ3) is 7.71. The van der Waals surface area contributed by atoms with Crippen molar-refractivity contribution < 1.29 is 28.1 Å². The van der Waals surface area contributed by atoms with Crippen molar-refractivity contribution in [3.8, 4) is 11.5 Å². The highest BCUT2D eigenvalue weighted by Gasteiger charge is 2.33. The van der Waals surface area contributed by atoms with Gasteiger partial charge in [-0.2, -0.15) is 0 Å². The van der Waals surface area contributed by atoms with Crippen molar-refractivity contribution in [1.82, 2.24) is 14.8 Å². The summed E-state index contributed by atoms with van der Waals surface area (Å²) < 4.78 is 43.5. The average molecular weight is 570 g/mol. The van der Waals surface area contributed by atoms with Gasteiger partial charge in [-0.05, 0) is 79.9 Å². The maximum Gasteiger partial charge on any atom is 0.129 e. The first-order valence-corrected chi connectivity index (χ1v) is 14.6. The summed E-state index contributed by atoms with van der Waals surface area (Å²) in [6.45, 7) is 7.14. The number of likely N-dealkylation sites (tertiary alicyclic amines) is 1. The largest absolute Gasteiger partial charge is 0.497 e. The van der Waals surface area contributed by atoms with Crippen molar-refractivity contribution in [3.05, 3.63) is 65.4 Å². The molecule has 0 saturated carbocycles. The predicted octanol–water partition coefficient (Wildman–Crippen LogP) is 4.83. The number of methoxy groups -OCH3 is 1. The Bertz CT molecular complexity index is 1270. The molecule has 2 aliphatic rings. The molecule has 7 nitrogen and oxygen atoms in total. The number of aromatic nitrogens is 1. The fraction of sp³-hybridized carbons (Fsp3) is 0.531. The van der Waals surface area contributed by atoms with Crippen molar-refractivity contribution in [3.63, 3.8) is 0 Å². The number of pyridine rings is 1. The molecule has 222 valence electrons. The average Bonchev–Trinajstić information content (AvgIpc) is 2.98. The van der Waals surface area contributed by atoms with Crippen molar-refractivity contribution in [2.45, 2.75) is 38.6 Å². The van der Waals surface area contributed by atoms with Gasteiger partial charge in [0.2, 0.25) is 0 Å². The van der Waals surface area contributed by atoms with Gasteiger partial charge < -0.3 is 19.3 Å². The van der Waals surface area contributed by atoms with E-state index in [0.29, 0.717) is 13.2 Å². The zero-order valence-corrected chi connectivity index (χ0v) is 23.9. The van der Waals surface area contributed by atoms with Gasteiger partial charge in [0.05, 0.1) is 25.8 Å². The number of ether oxygens (including phenoxy) is 3. The van der Waals surface area contributed by atoms with Crippen LogP contribution in [0.1, 0.15) is 36.8 Å². The van der Waals surface area contributed by atoms with Crippen LogP contribution in [0.15, 0.2) is 42.6 Å². The molecule has 1 aromatic heterocycles. The monoisotopic (exact) mass is 569 g/mol. The second-order valence-electron chi connectivity index (χ2n) is 11.3. The van der Waals surface area contributed by atoms with E-state index in [0.717, 1.165) is 101 Å². The molecular formula is C32H41F2N3O4. The summed E-state index contributed by atoms with van der Waals surface area (Å²) in [5.74, 6) is -0.246. The molecule has 5 rings (SSSR count). The normalized spacial score (nSPS) is 18.0. The van der Waals surface area contributed by atoms with Crippen LogP contribution in [0.3, 0.4) is 0 Å². The molecule has 2 fully saturated rings. The molecule has 0 spiro atoms. The number of hydrogen-bond acceptors (Lipinski definition) is 7. The first kappa shape index (κ1) is 29.6. The van der Waals surface area contributed by atoms with Crippen molar-refractivity contribution in [1.29, 1.82) is 0 Å². The predicted molar refractivity (Wildman–Crippen MR) is 154 cm³/mol. The van der Waals surface area contributed by atoms with Crippen molar-refractivity contribution in [2.24, 2.45) is 5.41 Å². The highest BCUT2D eigenvalue weighted by atomic mass is 19.1. The van der Waals surface area contributed by atoms with Crippen LogP contribution in [0.25, 0.3) is 10.9 Å². The molecule has 0 aliphatic carbocycles. The van der Waals surface area contributed by atoms with Gasteiger partial charge in [-0.1, -0.05) is 0 Å². The van der Waals surface area contributed by atoms with Gasteiger partial charge in [0.25, 0.3) is 0 Å². The minimum atomic E-state index is -0.641. The van der Waals surface area contributed by atoms with E-state index in [1.54, 1.807) is 7.11 Å². The Morgan fingerprint density at radius 1 is 0.976 bits per heavy atom. The number of hydrogen-bond donors (Lipinski definition) is 1. The molecular weight excluding hydrogens is 528 g/mol. The summed E-state index contributed by atoms with van der Waals surface area (Å²) in [4.78, 5) is 9.49. The summed E-state index contributed by atoms with van der Waals surface area (Å²) in [7, 11) is 1.69. The van der Waals surface area contributed by atoms with Gasteiger partial charge in [0.15, 0.2) is 0 Å². The number of aryl methyl sites for hydroxylation is 1. The number of fused-ring (bicyclic) bond motifs is 1. The van der Waals surface area contributed by atoms with Gasteiger partial charge in [-0.15, -0.1) is 0 Å². The lowest BCUT2D eigenvalue weighted by atomic mass is 9.75. The molecule has 0 radical (unpaired) electrons. The van der Waals surface area contributed by atoms with E-state index >= 15 is 0 Å². The lowest BCUT2D eigenvalue weighted by Crippen LogP contribution is -2.43. The number of piperidine rings is 1. The van der Waals surface area contributed by atoms with E-state index in [1.807, 2.05) is 18.3 Å². The SMILES string of the molecule is COc1ccc2ncc(CN3CCOCC3)c(CCCC3(CO)CCN(CCOc4cc(F)cc(F)c4)CC3)c2c1. The third-order valence-electron chi connectivity index (χ3n) is 8.67. The summed E-state index contributed by atoms with van der Waals surface area (Å²) in [6.07, 6.45) is 6.67. The highest BCUT2D eigenvalue weighted by Crippen LogP contribution is 2.37. The first-order chi connectivity index (χ1) is 20.0. The van der Waals surface area contributed by atoms with E-state index in [1.165, 1.54) is 23.3 Å². The number of aliphatic hydroxyl groups excluding tert-OH is 1. The van der Waals surface area contributed by atoms with Crippen LogP contribution in [0.5, 0.6) is 11.5 Å². The number of aliphatic hydroxyl groups is 1. The zero-order valence-electron chi connectivity index (χ0n) is 23.9. The molecule has 2 aliphatic heterocycles. The van der Waals surface area contributed by atoms with Crippen LogP contribution in [-0.4, -0.2) is 86.2 Å². The fourth-order valence-electron chi connectivity index (χ4n) is 6.11.